The van der Waals surface area contributed by atoms with Crippen molar-refractivity contribution in [3.05, 3.63) is 28.8 Å². The lowest BCUT2D eigenvalue weighted by Crippen LogP contribution is -2.33. The molecule has 0 heterocycles. The molecule has 0 aliphatic carbocycles. The molecule has 2 N–H and O–H groups in total. The topological polar surface area (TPSA) is 58.6 Å². The summed E-state index contributed by atoms with van der Waals surface area (Å²) in [6.45, 7) is 2.05. The minimum absolute atomic E-state index is 0.456. The zero-order valence-electron chi connectivity index (χ0n) is 9.16. The molecule has 0 aromatic heterocycles. The summed E-state index contributed by atoms with van der Waals surface area (Å²) >= 11 is 5.94. The van der Waals surface area contributed by atoms with Crippen molar-refractivity contribution in [1.82, 2.24) is 5.32 Å². The summed E-state index contributed by atoms with van der Waals surface area (Å²) in [5.74, 6) is -0.267. The first-order valence-corrected chi connectivity index (χ1v) is 5.21. The minimum atomic E-state index is -0.875. The number of halogens is 1. The van der Waals surface area contributed by atoms with Gasteiger partial charge in [-0.3, -0.25) is 4.79 Å². The van der Waals surface area contributed by atoms with Gasteiger partial charge in [-0.1, -0.05) is 17.7 Å². The summed E-state index contributed by atoms with van der Waals surface area (Å²) in [5, 5.41) is 12.1. The molecule has 0 saturated carbocycles. The van der Waals surface area contributed by atoms with Gasteiger partial charge in [0, 0.05) is 6.54 Å². The van der Waals surface area contributed by atoms with Gasteiger partial charge >= 0.3 is 5.97 Å². The molecule has 0 amide bonds. The lowest BCUT2D eigenvalue weighted by Gasteiger charge is -2.10. The lowest BCUT2D eigenvalue weighted by molar-refractivity contribution is -0.139. The molecule has 16 heavy (non-hydrogen) atoms. The van der Waals surface area contributed by atoms with Crippen molar-refractivity contribution in [2.24, 2.45) is 0 Å². The Morgan fingerprint density at radius 1 is 1.62 bits per heavy atom. The summed E-state index contributed by atoms with van der Waals surface area (Å²) in [7, 11) is 1.55. The van der Waals surface area contributed by atoms with E-state index in [-0.39, 0.29) is 0 Å². The van der Waals surface area contributed by atoms with Crippen LogP contribution in [0, 0.1) is 0 Å². The zero-order valence-corrected chi connectivity index (χ0v) is 9.91. The van der Waals surface area contributed by atoms with E-state index in [2.05, 4.69) is 5.32 Å². The Balaban J connectivity index is 2.62. The maximum Gasteiger partial charge on any atom is 0.320 e. The molecular weight excluding hydrogens is 230 g/mol. The number of hydrogen-bond donors (Lipinski definition) is 2. The first-order valence-electron chi connectivity index (χ1n) is 4.83. The van der Waals surface area contributed by atoms with Gasteiger partial charge < -0.3 is 15.2 Å². The van der Waals surface area contributed by atoms with E-state index in [1.165, 1.54) is 0 Å². The van der Waals surface area contributed by atoms with Gasteiger partial charge in [0.05, 0.1) is 12.1 Å². The van der Waals surface area contributed by atoms with Crippen LogP contribution in [0.5, 0.6) is 5.75 Å². The standard InChI is InChI=1S/C11H14ClNO3/c1-7(11(14)15)13-6-8-3-4-10(16-2)9(12)5-8/h3-5,7,13H,6H2,1-2H3,(H,14,15)/t7-/m1/s1. The number of rotatable bonds is 5. The highest BCUT2D eigenvalue weighted by molar-refractivity contribution is 6.32. The molecule has 1 atom stereocenters. The largest absolute Gasteiger partial charge is 0.495 e. The van der Waals surface area contributed by atoms with E-state index in [1.807, 2.05) is 6.07 Å². The van der Waals surface area contributed by atoms with Gasteiger partial charge in [-0.25, -0.2) is 0 Å². The van der Waals surface area contributed by atoms with Crippen molar-refractivity contribution in [3.63, 3.8) is 0 Å². The van der Waals surface area contributed by atoms with E-state index in [9.17, 15) is 4.79 Å². The van der Waals surface area contributed by atoms with Gasteiger partial charge in [0.2, 0.25) is 0 Å². The average Bonchev–Trinajstić information content (AvgIpc) is 2.25. The van der Waals surface area contributed by atoms with E-state index < -0.39 is 12.0 Å². The second-order valence-corrected chi connectivity index (χ2v) is 3.82. The van der Waals surface area contributed by atoms with Crippen molar-refractivity contribution in [2.75, 3.05) is 7.11 Å². The normalized spacial score (nSPS) is 12.2. The maximum absolute atomic E-state index is 10.6. The number of nitrogens with one attached hydrogen (secondary N) is 1. The Bertz CT molecular complexity index is 381. The summed E-state index contributed by atoms with van der Waals surface area (Å²) in [6, 6.07) is 4.76. The summed E-state index contributed by atoms with van der Waals surface area (Å²) in [4.78, 5) is 10.6. The maximum atomic E-state index is 10.6. The Labute approximate surface area is 99.2 Å². The van der Waals surface area contributed by atoms with Crippen molar-refractivity contribution in [3.8, 4) is 5.75 Å². The van der Waals surface area contributed by atoms with Crippen LogP contribution in [0.25, 0.3) is 0 Å². The number of aliphatic carboxylic acids is 1. The fraction of sp³-hybridized carbons (Fsp3) is 0.364. The van der Waals surface area contributed by atoms with Crippen LogP contribution >= 0.6 is 11.6 Å². The first kappa shape index (κ1) is 12.8. The molecule has 0 aliphatic heterocycles. The number of hydrogen-bond acceptors (Lipinski definition) is 3. The van der Waals surface area contributed by atoms with Crippen LogP contribution in [-0.2, 0) is 11.3 Å². The third-order valence-corrected chi connectivity index (χ3v) is 2.49. The van der Waals surface area contributed by atoms with E-state index in [0.29, 0.717) is 17.3 Å². The van der Waals surface area contributed by atoms with Crippen LogP contribution in [0.15, 0.2) is 18.2 Å². The van der Waals surface area contributed by atoms with Gasteiger partial charge in [-0.05, 0) is 24.6 Å². The molecule has 0 unspecified atom stereocenters. The first-order chi connectivity index (χ1) is 7.54. The van der Waals surface area contributed by atoms with E-state index in [0.717, 1.165) is 5.56 Å². The van der Waals surface area contributed by atoms with Crippen LogP contribution in [0.4, 0.5) is 0 Å². The van der Waals surface area contributed by atoms with Crippen molar-refractivity contribution < 1.29 is 14.6 Å². The van der Waals surface area contributed by atoms with E-state index >= 15 is 0 Å². The smallest absolute Gasteiger partial charge is 0.320 e. The Morgan fingerprint density at radius 3 is 2.81 bits per heavy atom. The van der Waals surface area contributed by atoms with Crippen LogP contribution in [0.3, 0.4) is 0 Å². The summed E-state index contributed by atoms with van der Waals surface area (Å²) in [5.41, 5.74) is 0.916. The highest BCUT2D eigenvalue weighted by Crippen LogP contribution is 2.24. The third-order valence-electron chi connectivity index (χ3n) is 2.20. The molecule has 88 valence electrons. The van der Waals surface area contributed by atoms with Gasteiger partial charge in [-0.2, -0.15) is 0 Å². The predicted molar refractivity (Wildman–Crippen MR) is 61.9 cm³/mol. The molecule has 0 saturated heterocycles. The van der Waals surface area contributed by atoms with Crippen LogP contribution in [0.1, 0.15) is 12.5 Å². The SMILES string of the molecule is COc1ccc(CN[C@H](C)C(=O)O)cc1Cl. The summed E-state index contributed by atoms with van der Waals surface area (Å²) in [6.07, 6.45) is 0. The second kappa shape index (κ2) is 5.72. The van der Waals surface area contributed by atoms with Gasteiger partial charge in [-0.15, -0.1) is 0 Å². The molecule has 1 aromatic rings. The molecule has 0 aliphatic rings. The Hall–Kier alpha value is -1.26. The third kappa shape index (κ3) is 3.40. The van der Waals surface area contributed by atoms with Crippen molar-refractivity contribution in [2.45, 2.75) is 19.5 Å². The second-order valence-electron chi connectivity index (χ2n) is 3.41. The molecular formula is C11H14ClNO3. The van der Waals surface area contributed by atoms with Gasteiger partial charge in [0.25, 0.3) is 0 Å². The molecule has 0 spiro atoms. The fourth-order valence-electron chi connectivity index (χ4n) is 1.18. The van der Waals surface area contributed by atoms with E-state index in [1.54, 1.807) is 26.2 Å². The van der Waals surface area contributed by atoms with Crippen LogP contribution in [-0.4, -0.2) is 24.2 Å². The highest BCUT2D eigenvalue weighted by atomic mass is 35.5. The van der Waals surface area contributed by atoms with E-state index in [4.69, 9.17) is 21.4 Å². The Kier molecular flexibility index (Phi) is 4.58. The number of methoxy groups -OCH3 is 1. The molecule has 4 nitrogen and oxygen atoms in total. The number of carboxylic acid groups (broad SMARTS) is 1. The van der Waals surface area contributed by atoms with Crippen molar-refractivity contribution in [1.29, 1.82) is 0 Å². The fourth-order valence-corrected chi connectivity index (χ4v) is 1.46. The number of carbonyl (C=O) groups is 1. The zero-order chi connectivity index (χ0) is 12.1. The lowest BCUT2D eigenvalue weighted by atomic mass is 10.2. The molecule has 5 heteroatoms. The molecule has 1 aromatic carbocycles. The minimum Gasteiger partial charge on any atom is -0.495 e. The quantitative estimate of drug-likeness (QED) is 0.830. The van der Waals surface area contributed by atoms with Crippen LogP contribution < -0.4 is 10.1 Å². The predicted octanol–water partition coefficient (Wildman–Crippen LogP) is 1.91. The molecule has 0 radical (unpaired) electrons. The molecule has 0 fully saturated rings. The monoisotopic (exact) mass is 243 g/mol. The molecule has 0 bridgehead atoms. The Morgan fingerprint density at radius 2 is 2.31 bits per heavy atom. The number of carboxylic acids is 1. The number of benzene rings is 1. The number of ether oxygens (including phenoxy) is 1. The summed E-state index contributed by atoms with van der Waals surface area (Å²) < 4.78 is 5.02. The average molecular weight is 244 g/mol. The van der Waals surface area contributed by atoms with Gasteiger partial charge in [0.1, 0.15) is 11.8 Å². The van der Waals surface area contributed by atoms with Gasteiger partial charge in [0.15, 0.2) is 0 Å². The van der Waals surface area contributed by atoms with Crippen molar-refractivity contribution >= 4 is 17.6 Å². The van der Waals surface area contributed by atoms with Crippen LogP contribution in [0.2, 0.25) is 5.02 Å². The molecule has 1 rings (SSSR count). The highest BCUT2D eigenvalue weighted by Gasteiger charge is 2.09.